The van der Waals surface area contributed by atoms with Crippen molar-refractivity contribution in [2.24, 2.45) is 0 Å². The Labute approximate surface area is 252 Å². The molecule has 2 aliphatic heterocycles. The Morgan fingerprint density at radius 2 is 1.42 bits per heavy atom. The molecule has 1 aromatic heterocycles. The average Bonchev–Trinajstić information content (AvgIpc) is 3.00. The van der Waals surface area contributed by atoms with Crippen LogP contribution in [0.1, 0.15) is 6.92 Å². The Hall–Kier alpha value is -3.91. The molecule has 0 amide bonds. The molecule has 2 fully saturated rings. The van der Waals surface area contributed by atoms with Gasteiger partial charge in [-0.3, -0.25) is 4.79 Å². The second-order valence-electron chi connectivity index (χ2n) is 10.6. The summed E-state index contributed by atoms with van der Waals surface area (Å²) in [5.41, 5.74) is -1.50. The third kappa shape index (κ3) is 5.81. The molecule has 45 heavy (non-hydrogen) atoms. The number of phenols is 4. The van der Waals surface area contributed by atoms with Crippen molar-refractivity contribution in [3.05, 3.63) is 34.5 Å². The van der Waals surface area contributed by atoms with Gasteiger partial charge in [-0.05, 0) is 25.1 Å². The van der Waals surface area contributed by atoms with Gasteiger partial charge >= 0.3 is 0 Å². The molecule has 3 aromatic rings. The number of phenolic OH excluding ortho intramolecular Hbond substituents is 4. The fourth-order valence-corrected chi connectivity index (χ4v) is 5.06. The maximum Gasteiger partial charge on any atom is 0.239 e. The monoisotopic (exact) mass is 640 g/mol. The summed E-state index contributed by atoms with van der Waals surface area (Å²) in [5.74, 6) is -4.20. The maximum absolute atomic E-state index is 13.8. The highest BCUT2D eigenvalue weighted by atomic mass is 16.7. The van der Waals surface area contributed by atoms with E-state index in [4.69, 9.17) is 28.1 Å². The van der Waals surface area contributed by atoms with Crippen molar-refractivity contribution < 1.29 is 79.2 Å². The lowest BCUT2D eigenvalue weighted by Gasteiger charge is -2.42. The first-order valence-corrected chi connectivity index (χ1v) is 13.5. The van der Waals surface area contributed by atoms with Gasteiger partial charge < -0.3 is 79.2 Å². The highest BCUT2D eigenvalue weighted by Crippen LogP contribution is 2.44. The zero-order valence-corrected chi connectivity index (χ0v) is 23.6. The summed E-state index contributed by atoms with van der Waals surface area (Å²) in [4.78, 5) is 13.8. The van der Waals surface area contributed by atoms with Gasteiger partial charge in [0.25, 0.3) is 0 Å². The van der Waals surface area contributed by atoms with Crippen LogP contribution < -0.4 is 14.9 Å². The second kappa shape index (κ2) is 12.5. The van der Waals surface area contributed by atoms with Gasteiger partial charge in [-0.2, -0.15) is 0 Å². The van der Waals surface area contributed by atoms with E-state index in [1.165, 1.54) is 13.0 Å². The van der Waals surface area contributed by atoms with Crippen LogP contribution in [-0.2, 0) is 14.2 Å². The Bertz CT molecular complexity index is 1610. The average molecular weight is 641 g/mol. The number of benzene rings is 2. The van der Waals surface area contributed by atoms with Gasteiger partial charge in [-0.15, -0.1) is 0 Å². The minimum absolute atomic E-state index is 0.0573. The van der Waals surface area contributed by atoms with Crippen molar-refractivity contribution >= 4 is 11.0 Å². The minimum Gasteiger partial charge on any atom is -0.504 e. The van der Waals surface area contributed by atoms with Gasteiger partial charge in [0.15, 0.2) is 35.0 Å². The lowest BCUT2D eigenvalue weighted by Crippen LogP contribution is -2.61. The van der Waals surface area contributed by atoms with E-state index < -0.39 is 119 Å². The second-order valence-corrected chi connectivity index (χ2v) is 10.6. The number of ether oxygens (including phenoxy) is 5. The maximum atomic E-state index is 13.8. The van der Waals surface area contributed by atoms with Gasteiger partial charge in [0.1, 0.15) is 53.7 Å². The van der Waals surface area contributed by atoms with Crippen LogP contribution in [0.2, 0.25) is 0 Å². The fourth-order valence-electron chi connectivity index (χ4n) is 5.06. The van der Waals surface area contributed by atoms with E-state index in [1.807, 2.05) is 0 Å². The Kier molecular flexibility index (Phi) is 9.00. The number of hydrogen-bond acceptors (Lipinski definition) is 17. The summed E-state index contributed by atoms with van der Waals surface area (Å²) in [7, 11) is 1.12. The number of rotatable bonds is 7. The van der Waals surface area contributed by atoms with Crippen molar-refractivity contribution in [1.82, 2.24) is 0 Å². The summed E-state index contributed by atoms with van der Waals surface area (Å²) >= 11 is 0. The Morgan fingerprint density at radius 1 is 0.756 bits per heavy atom. The van der Waals surface area contributed by atoms with Crippen molar-refractivity contribution in [3.63, 3.8) is 0 Å². The van der Waals surface area contributed by atoms with Crippen molar-refractivity contribution in [1.29, 1.82) is 0 Å². The van der Waals surface area contributed by atoms with Gasteiger partial charge in [0, 0.05) is 11.6 Å². The van der Waals surface area contributed by atoms with Crippen LogP contribution in [0.5, 0.6) is 34.5 Å². The quantitative estimate of drug-likeness (QED) is 0.129. The number of aliphatic hydroxyl groups excluding tert-OH is 6. The summed E-state index contributed by atoms with van der Waals surface area (Å²) in [6.07, 6.45) is -16.3. The first-order chi connectivity index (χ1) is 21.2. The molecule has 0 saturated carbocycles. The Morgan fingerprint density at radius 3 is 2.09 bits per heavy atom. The third-order valence-corrected chi connectivity index (χ3v) is 7.63. The van der Waals surface area contributed by atoms with Crippen LogP contribution in [0.15, 0.2) is 33.5 Å². The molecule has 10 N–H and O–H groups in total. The molecule has 10 atom stereocenters. The molecule has 0 unspecified atom stereocenters. The van der Waals surface area contributed by atoms with E-state index >= 15 is 0 Å². The van der Waals surface area contributed by atoms with Crippen LogP contribution in [0.3, 0.4) is 0 Å². The molecular formula is C28H32O17. The van der Waals surface area contributed by atoms with E-state index in [9.17, 15) is 55.9 Å². The largest absolute Gasteiger partial charge is 0.504 e. The molecular weight excluding hydrogens is 608 g/mol. The van der Waals surface area contributed by atoms with Crippen LogP contribution in [0.25, 0.3) is 22.3 Å². The number of methoxy groups -OCH3 is 1. The van der Waals surface area contributed by atoms with E-state index in [1.54, 1.807) is 0 Å². The Balaban J connectivity index is 1.51. The van der Waals surface area contributed by atoms with E-state index in [0.717, 1.165) is 25.3 Å². The SMILES string of the molecule is COc1c(O)cc2oc(-c3ccc(O)c(O)c3)c(O[C@@H]3O[C@H](CO[C@@H]4O[C@@H](C)[C@H](O)[C@@H](O)[C@H]4O)[C@@H](O)[C@H](O)[C@H]3O)c(=O)c2c1O. The lowest BCUT2D eigenvalue weighted by atomic mass is 9.98. The zero-order chi connectivity index (χ0) is 32.9. The molecule has 0 radical (unpaired) electrons. The molecule has 0 spiro atoms. The van der Waals surface area contributed by atoms with Gasteiger partial charge in [-0.25, -0.2) is 0 Å². The van der Waals surface area contributed by atoms with Crippen LogP contribution in [0, 0.1) is 0 Å². The molecule has 0 bridgehead atoms. The normalized spacial score (nSPS) is 32.0. The van der Waals surface area contributed by atoms with Crippen LogP contribution in [0.4, 0.5) is 0 Å². The molecule has 5 rings (SSSR count). The molecule has 17 heteroatoms. The van der Waals surface area contributed by atoms with Crippen LogP contribution >= 0.6 is 0 Å². The van der Waals surface area contributed by atoms with E-state index in [2.05, 4.69) is 0 Å². The zero-order valence-electron chi connectivity index (χ0n) is 23.6. The highest BCUT2D eigenvalue weighted by Gasteiger charge is 2.48. The fraction of sp³-hybridized carbons (Fsp3) is 0.464. The van der Waals surface area contributed by atoms with E-state index in [0.29, 0.717) is 0 Å². The number of aliphatic hydroxyl groups is 6. The number of fused-ring (bicyclic) bond motifs is 1. The number of hydrogen-bond donors (Lipinski definition) is 10. The van der Waals surface area contributed by atoms with E-state index in [-0.39, 0.29) is 11.1 Å². The molecule has 2 aliphatic rings. The summed E-state index contributed by atoms with van der Waals surface area (Å²) in [6.45, 7) is 0.797. The third-order valence-electron chi connectivity index (χ3n) is 7.63. The van der Waals surface area contributed by atoms with Crippen molar-refractivity contribution in [3.8, 4) is 45.8 Å². The van der Waals surface area contributed by atoms with Crippen molar-refractivity contribution in [2.75, 3.05) is 13.7 Å². The predicted molar refractivity (Wildman–Crippen MR) is 147 cm³/mol. The van der Waals surface area contributed by atoms with Gasteiger partial charge in [-0.1, -0.05) is 0 Å². The minimum atomic E-state index is -2.00. The van der Waals surface area contributed by atoms with Gasteiger partial charge in [0.2, 0.25) is 23.2 Å². The summed E-state index contributed by atoms with van der Waals surface area (Å²) < 4.78 is 32.9. The first-order valence-electron chi connectivity index (χ1n) is 13.5. The molecule has 3 heterocycles. The molecule has 17 nitrogen and oxygen atoms in total. The molecule has 246 valence electrons. The standard InChI is InChI=1S/C28H32O17/c1-8-16(32)20(36)22(38)27(42-8)41-7-14-17(33)21(37)23(39)28(44-14)45-26-19(35)15-13(6-12(31)25(40-2)18(15)34)43-24(26)9-3-4-10(29)11(30)5-9/h3-6,8,14,16-17,20-23,27-34,36-39H,7H2,1-2H3/t8-,14+,16-,17+,20+,21-,22+,23+,27+,28-/m0/s1. The topological polar surface area (TPSA) is 279 Å². The summed E-state index contributed by atoms with van der Waals surface area (Å²) in [5, 5.41) is 102. The molecule has 0 aliphatic carbocycles. The smallest absolute Gasteiger partial charge is 0.239 e. The first kappa shape index (κ1) is 32.5. The lowest BCUT2D eigenvalue weighted by molar-refractivity contribution is -0.318. The van der Waals surface area contributed by atoms with Gasteiger partial charge in [0.05, 0.1) is 19.8 Å². The molecule has 2 aromatic carbocycles. The molecule has 2 saturated heterocycles. The highest BCUT2D eigenvalue weighted by molar-refractivity contribution is 5.91. The predicted octanol–water partition coefficient (Wildman–Crippen LogP) is -1.68. The number of aromatic hydroxyl groups is 4. The summed E-state index contributed by atoms with van der Waals surface area (Å²) in [6, 6.07) is 4.27. The van der Waals surface area contributed by atoms with Crippen molar-refractivity contribution in [2.45, 2.75) is 68.3 Å². The van der Waals surface area contributed by atoms with Crippen LogP contribution in [-0.4, -0.2) is 126 Å².